The summed E-state index contributed by atoms with van der Waals surface area (Å²) in [5.41, 5.74) is 0.668. The van der Waals surface area contributed by atoms with Crippen molar-refractivity contribution in [1.82, 2.24) is 10.3 Å². The summed E-state index contributed by atoms with van der Waals surface area (Å²) >= 11 is 6.78. The minimum atomic E-state index is -3.72. The predicted molar refractivity (Wildman–Crippen MR) is 113 cm³/mol. The molecule has 0 atom stereocenters. The fourth-order valence-corrected chi connectivity index (χ4v) is 4.88. The van der Waals surface area contributed by atoms with Gasteiger partial charge in [-0.05, 0) is 62.4 Å². The first-order valence-corrected chi connectivity index (χ1v) is 11.2. The first-order valence-electron chi connectivity index (χ1n) is 8.56. The molecule has 152 valence electrons. The number of anilines is 1. The number of pyridine rings is 1. The van der Waals surface area contributed by atoms with Crippen molar-refractivity contribution in [2.24, 2.45) is 0 Å². The number of nitrogens with zero attached hydrogens (tertiary/aromatic N) is 1. The summed E-state index contributed by atoms with van der Waals surface area (Å²) in [5.74, 6) is 0.277. The quantitative estimate of drug-likeness (QED) is 0.550. The van der Waals surface area contributed by atoms with Crippen molar-refractivity contribution in [2.45, 2.75) is 24.1 Å². The van der Waals surface area contributed by atoms with Crippen molar-refractivity contribution in [2.75, 3.05) is 4.72 Å². The fourth-order valence-electron chi connectivity index (χ4n) is 2.34. The number of aromatic nitrogens is 1. The molecule has 0 bridgehead atoms. The summed E-state index contributed by atoms with van der Waals surface area (Å²) in [7, 11) is -3.72. The van der Waals surface area contributed by atoms with Crippen LogP contribution in [0, 0.1) is 0 Å². The van der Waals surface area contributed by atoms with Gasteiger partial charge in [0.1, 0.15) is 15.5 Å². The topological polar surface area (TPSA) is 97.4 Å². The van der Waals surface area contributed by atoms with E-state index in [2.05, 4.69) is 15.0 Å². The normalized spacial score (nSPS) is 11.3. The molecule has 1 amide bonds. The molecule has 0 aliphatic carbocycles. The fraction of sp³-hybridized carbons (Fsp3) is 0.158. The van der Waals surface area contributed by atoms with Crippen LogP contribution in [0.15, 0.2) is 58.9 Å². The Hall–Kier alpha value is -2.62. The number of hydrogen-bond donors (Lipinski definition) is 2. The Bertz CT molecular complexity index is 1110. The molecule has 2 aromatic heterocycles. The molecular formula is C19H18ClN3O4S2. The summed E-state index contributed by atoms with van der Waals surface area (Å²) in [6.45, 7) is 3.72. The van der Waals surface area contributed by atoms with Gasteiger partial charge >= 0.3 is 0 Å². The predicted octanol–water partition coefficient (Wildman–Crippen LogP) is 4.53. The van der Waals surface area contributed by atoms with Crippen molar-refractivity contribution in [3.8, 4) is 11.6 Å². The Labute approximate surface area is 177 Å². The number of sulfonamides is 1. The molecule has 0 radical (unpaired) electrons. The van der Waals surface area contributed by atoms with Gasteiger partial charge < -0.3 is 10.1 Å². The van der Waals surface area contributed by atoms with E-state index >= 15 is 0 Å². The van der Waals surface area contributed by atoms with E-state index in [1.807, 2.05) is 13.8 Å². The van der Waals surface area contributed by atoms with Crippen molar-refractivity contribution in [3.63, 3.8) is 0 Å². The van der Waals surface area contributed by atoms with Crippen LogP contribution in [0.2, 0.25) is 4.34 Å². The van der Waals surface area contributed by atoms with E-state index < -0.39 is 10.0 Å². The lowest BCUT2D eigenvalue weighted by molar-refractivity contribution is 0.0940. The molecule has 2 heterocycles. The summed E-state index contributed by atoms with van der Waals surface area (Å²) in [4.78, 5) is 16.4. The number of ether oxygens (including phenoxy) is 1. The molecule has 0 spiro atoms. The van der Waals surface area contributed by atoms with E-state index in [1.165, 1.54) is 18.3 Å². The van der Waals surface area contributed by atoms with E-state index in [0.717, 1.165) is 11.3 Å². The monoisotopic (exact) mass is 451 g/mol. The van der Waals surface area contributed by atoms with Gasteiger partial charge in [0.15, 0.2) is 0 Å². The van der Waals surface area contributed by atoms with Gasteiger partial charge in [0.25, 0.3) is 15.9 Å². The van der Waals surface area contributed by atoms with Crippen LogP contribution in [0.5, 0.6) is 11.6 Å². The SMILES string of the molecule is CC(C)NC(=O)c1cccnc1Oc1ccc(NS(=O)(=O)c2ccc(Cl)s2)cc1. The van der Waals surface area contributed by atoms with Crippen LogP contribution in [0.3, 0.4) is 0 Å². The van der Waals surface area contributed by atoms with E-state index in [9.17, 15) is 13.2 Å². The molecule has 0 fully saturated rings. The van der Waals surface area contributed by atoms with Crippen LogP contribution in [-0.2, 0) is 10.0 Å². The lowest BCUT2D eigenvalue weighted by Crippen LogP contribution is -2.30. The second-order valence-corrected chi connectivity index (χ2v) is 9.90. The van der Waals surface area contributed by atoms with Crippen LogP contribution in [0.4, 0.5) is 5.69 Å². The van der Waals surface area contributed by atoms with Gasteiger partial charge in [0.05, 0.1) is 4.34 Å². The molecule has 7 nitrogen and oxygen atoms in total. The van der Waals surface area contributed by atoms with Gasteiger partial charge in [-0.2, -0.15) is 0 Å². The maximum absolute atomic E-state index is 12.4. The van der Waals surface area contributed by atoms with E-state index in [0.29, 0.717) is 21.3 Å². The number of amides is 1. The minimum Gasteiger partial charge on any atom is -0.438 e. The van der Waals surface area contributed by atoms with Crippen LogP contribution in [0.1, 0.15) is 24.2 Å². The number of carbonyl (C=O) groups excluding carboxylic acids is 1. The number of rotatable bonds is 7. The van der Waals surface area contributed by atoms with Gasteiger partial charge in [-0.1, -0.05) is 11.6 Å². The summed E-state index contributed by atoms with van der Waals surface area (Å²) in [6.07, 6.45) is 1.52. The molecule has 29 heavy (non-hydrogen) atoms. The van der Waals surface area contributed by atoms with Gasteiger partial charge in [0.2, 0.25) is 5.88 Å². The highest BCUT2D eigenvalue weighted by molar-refractivity contribution is 7.94. The Morgan fingerprint density at radius 1 is 1.14 bits per heavy atom. The number of halogens is 1. The largest absolute Gasteiger partial charge is 0.438 e. The Balaban J connectivity index is 1.74. The molecule has 3 rings (SSSR count). The van der Waals surface area contributed by atoms with Gasteiger partial charge in [-0.25, -0.2) is 13.4 Å². The van der Waals surface area contributed by atoms with Crippen LogP contribution >= 0.6 is 22.9 Å². The Morgan fingerprint density at radius 3 is 2.48 bits per heavy atom. The number of hydrogen-bond acceptors (Lipinski definition) is 6. The Kier molecular flexibility index (Phi) is 6.41. The molecule has 0 unspecified atom stereocenters. The molecular weight excluding hydrogens is 434 g/mol. The van der Waals surface area contributed by atoms with Gasteiger partial charge in [0, 0.05) is 17.9 Å². The van der Waals surface area contributed by atoms with E-state index in [1.54, 1.807) is 36.4 Å². The number of nitrogens with one attached hydrogen (secondary N) is 2. The highest BCUT2D eigenvalue weighted by Gasteiger charge is 2.17. The first-order chi connectivity index (χ1) is 13.7. The zero-order valence-corrected chi connectivity index (χ0v) is 17.9. The van der Waals surface area contributed by atoms with Crippen LogP contribution in [-0.4, -0.2) is 25.4 Å². The maximum Gasteiger partial charge on any atom is 0.271 e. The lowest BCUT2D eigenvalue weighted by Gasteiger charge is -2.12. The third-order valence-electron chi connectivity index (χ3n) is 3.57. The molecule has 0 aliphatic heterocycles. The summed E-state index contributed by atoms with van der Waals surface area (Å²) in [6, 6.07) is 12.5. The van der Waals surface area contributed by atoms with Crippen molar-refractivity contribution < 1.29 is 17.9 Å². The second kappa shape index (κ2) is 8.81. The Morgan fingerprint density at radius 2 is 1.86 bits per heavy atom. The molecule has 10 heteroatoms. The number of carbonyl (C=O) groups is 1. The molecule has 0 saturated carbocycles. The van der Waals surface area contributed by atoms with E-state index in [4.69, 9.17) is 16.3 Å². The van der Waals surface area contributed by atoms with Crippen molar-refractivity contribution >= 4 is 44.6 Å². The number of benzene rings is 1. The summed E-state index contributed by atoms with van der Waals surface area (Å²) < 4.78 is 33.4. The zero-order chi connectivity index (χ0) is 21.0. The molecule has 0 aliphatic rings. The van der Waals surface area contributed by atoms with Crippen molar-refractivity contribution in [3.05, 3.63) is 64.6 Å². The first kappa shape index (κ1) is 21.1. The number of thiophene rings is 1. The standard InChI is InChI=1S/C19H18ClN3O4S2/c1-12(2)22-18(24)15-4-3-11-21-19(15)27-14-7-5-13(6-8-14)23-29(25,26)17-10-9-16(20)28-17/h3-12,23H,1-2H3,(H,22,24). The summed E-state index contributed by atoms with van der Waals surface area (Å²) in [5, 5.41) is 2.79. The maximum atomic E-state index is 12.4. The van der Waals surface area contributed by atoms with E-state index in [-0.39, 0.29) is 22.0 Å². The van der Waals surface area contributed by atoms with Gasteiger partial charge in [-0.3, -0.25) is 9.52 Å². The minimum absolute atomic E-state index is 0.0268. The van der Waals surface area contributed by atoms with Crippen molar-refractivity contribution in [1.29, 1.82) is 0 Å². The highest BCUT2D eigenvalue weighted by Crippen LogP contribution is 2.28. The highest BCUT2D eigenvalue weighted by atomic mass is 35.5. The zero-order valence-electron chi connectivity index (χ0n) is 15.5. The lowest BCUT2D eigenvalue weighted by atomic mass is 10.2. The van der Waals surface area contributed by atoms with Gasteiger partial charge in [-0.15, -0.1) is 11.3 Å². The average molecular weight is 452 g/mol. The second-order valence-electron chi connectivity index (χ2n) is 6.27. The molecule has 2 N–H and O–H groups in total. The molecule has 1 aromatic carbocycles. The third-order valence-corrected chi connectivity index (χ3v) is 6.67. The van der Waals surface area contributed by atoms with Crippen LogP contribution < -0.4 is 14.8 Å². The smallest absolute Gasteiger partial charge is 0.271 e. The average Bonchev–Trinajstić information content (AvgIpc) is 3.10. The van der Waals surface area contributed by atoms with Crippen LogP contribution in [0.25, 0.3) is 0 Å². The molecule has 3 aromatic rings. The third kappa shape index (κ3) is 5.47. The molecule has 0 saturated heterocycles.